The zero-order valence-electron chi connectivity index (χ0n) is 12.6. The lowest BCUT2D eigenvalue weighted by molar-refractivity contribution is -0.384. The number of nitro groups is 1. The third-order valence-electron chi connectivity index (χ3n) is 5.03. The van der Waals surface area contributed by atoms with E-state index >= 15 is 0 Å². The van der Waals surface area contributed by atoms with Gasteiger partial charge in [-0.2, -0.15) is 0 Å². The predicted molar refractivity (Wildman–Crippen MR) is 79.6 cm³/mol. The molecule has 3 heterocycles. The molecule has 2 fully saturated rings. The third-order valence-corrected chi connectivity index (χ3v) is 5.03. The van der Waals surface area contributed by atoms with Crippen molar-refractivity contribution >= 4 is 23.2 Å². The Morgan fingerprint density at radius 1 is 1.13 bits per heavy atom. The minimum atomic E-state index is -0.804. The van der Waals surface area contributed by atoms with Crippen molar-refractivity contribution in [2.45, 2.75) is 25.0 Å². The van der Waals surface area contributed by atoms with Crippen LogP contribution >= 0.6 is 0 Å². The molecule has 0 N–H and O–H groups in total. The number of hydrogen-bond donors (Lipinski definition) is 0. The number of rotatable bonds is 2. The number of fused-ring (bicyclic) bond motifs is 5. The largest absolute Gasteiger partial charge is 0.359 e. The number of nitrogens with zero attached hydrogens (tertiary/aromatic N) is 2. The van der Waals surface area contributed by atoms with E-state index in [-0.39, 0.29) is 23.2 Å². The molecular weight excluding hydrogens is 300 g/mol. The highest BCUT2D eigenvalue weighted by Crippen LogP contribution is 2.57. The van der Waals surface area contributed by atoms with Crippen LogP contribution in [0.1, 0.15) is 13.8 Å². The van der Waals surface area contributed by atoms with Gasteiger partial charge in [-0.1, -0.05) is 18.2 Å². The monoisotopic (exact) mass is 314 g/mol. The van der Waals surface area contributed by atoms with E-state index in [1.54, 1.807) is 13.8 Å². The van der Waals surface area contributed by atoms with Gasteiger partial charge in [0.15, 0.2) is 0 Å². The van der Waals surface area contributed by atoms with Gasteiger partial charge >= 0.3 is 0 Å². The number of amides is 2. The second kappa shape index (κ2) is 4.05. The summed E-state index contributed by atoms with van der Waals surface area (Å²) in [4.78, 5) is 37.1. The van der Waals surface area contributed by atoms with Gasteiger partial charge in [0, 0.05) is 12.1 Å². The quantitative estimate of drug-likeness (QED) is 0.359. The summed E-state index contributed by atoms with van der Waals surface area (Å²) < 4.78 is 5.91. The first kappa shape index (κ1) is 14.1. The second-order valence-corrected chi connectivity index (χ2v) is 6.55. The van der Waals surface area contributed by atoms with Crippen LogP contribution in [-0.2, 0) is 14.3 Å². The van der Waals surface area contributed by atoms with Crippen molar-refractivity contribution < 1.29 is 19.2 Å². The zero-order chi connectivity index (χ0) is 16.6. The normalized spacial score (nSPS) is 37.6. The fraction of sp³-hybridized carbons (Fsp3) is 0.375. The SMILES string of the molecule is C[C@@]12C=C[C@](C)(O1)[C@H]1C(=O)N(c3cccc([N+](=O)[O-])c3)C(=O)[C@@H]12. The van der Waals surface area contributed by atoms with Crippen LogP contribution in [0.4, 0.5) is 11.4 Å². The summed E-state index contributed by atoms with van der Waals surface area (Å²) >= 11 is 0. The second-order valence-electron chi connectivity index (χ2n) is 6.55. The minimum absolute atomic E-state index is 0.157. The Labute approximate surface area is 131 Å². The Kier molecular flexibility index (Phi) is 2.48. The first-order valence-electron chi connectivity index (χ1n) is 7.30. The lowest BCUT2D eigenvalue weighted by atomic mass is 9.73. The van der Waals surface area contributed by atoms with Gasteiger partial charge in [-0.15, -0.1) is 0 Å². The molecule has 0 aromatic heterocycles. The number of imide groups is 1. The van der Waals surface area contributed by atoms with Crippen molar-refractivity contribution in [3.05, 3.63) is 46.5 Å². The summed E-state index contributed by atoms with van der Waals surface area (Å²) in [5, 5.41) is 10.9. The van der Waals surface area contributed by atoms with Gasteiger partial charge in [0.05, 0.1) is 33.6 Å². The summed E-state index contributed by atoms with van der Waals surface area (Å²) in [6.45, 7) is 3.59. The highest BCUT2D eigenvalue weighted by atomic mass is 16.6. The van der Waals surface area contributed by atoms with Crippen LogP contribution in [0.3, 0.4) is 0 Å². The molecule has 0 saturated carbocycles. The average Bonchev–Trinajstić information content (AvgIpc) is 3.04. The number of non-ortho nitro benzene ring substituents is 1. The molecule has 2 bridgehead atoms. The van der Waals surface area contributed by atoms with E-state index in [1.807, 2.05) is 12.2 Å². The van der Waals surface area contributed by atoms with Crippen LogP contribution in [0.5, 0.6) is 0 Å². The number of nitro benzene ring substituents is 1. The van der Waals surface area contributed by atoms with E-state index in [9.17, 15) is 19.7 Å². The fourth-order valence-electron chi connectivity index (χ4n) is 4.03. The maximum absolute atomic E-state index is 12.8. The van der Waals surface area contributed by atoms with Crippen molar-refractivity contribution in [2.75, 3.05) is 4.90 Å². The highest BCUT2D eigenvalue weighted by Gasteiger charge is 2.70. The van der Waals surface area contributed by atoms with Crippen LogP contribution in [0.15, 0.2) is 36.4 Å². The summed E-state index contributed by atoms with van der Waals surface area (Å²) in [5.74, 6) is -1.92. The Bertz CT molecular complexity index is 767. The van der Waals surface area contributed by atoms with E-state index in [2.05, 4.69) is 0 Å². The standard InChI is InChI=1S/C16H14N2O5/c1-15-6-7-16(2,23-15)12-11(15)13(19)17(14(12)20)9-4-3-5-10(8-9)18(21)22/h3-8,11-12H,1-2H3/t11-,12-,15+,16+/m1/s1. The van der Waals surface area contributed by atoms with Gasteiger partial charge in [-0.3, -0.25) is 19.7 Å². The summed E-state index contributed by atoms with van der Waals surface area (Å²) in [6, 6.07) is 5.57. The van der Waals surface area contributed by atoms with Crippen molar-refractivity contribution in [1.82, 2.24) is 0 Å². The van der Waals surface area contributed by atoms with E-state index in [1.165, 1.54) is 24.3 Å². The molecule has 1 aromatic carbocycles. The minimum Gasteiger partial charge on any atom is -0.359 e. The van der Waals surface area contributed by atoms with Gasteiger partial charge < -0.3 is 4.74 Å². The van der Waals surface area contributed by atoms with Crippen molar-refractivity contribution in [2.24, 2.45) is 11.8 Å². The van der Waals surface area contributed by atoms with Crippen LogP contribution in [0.25, 0.3) is 0 Å². The van der Waals surface area contributed by atoms with Gasteiger partial charge in [0.1, 0.15) is 0 Å². The molecule has 1 aromatic rings. The number of hydrogen-bond acceptors (Lipinski definition) is 5. The number of anilines is 1. The van der Waals surface area contributed by atoms with Crippen molar-refractivity contribution in [3.63, 3.8) is 0 Å². The number of carbonyl (C=O) groups is 2. The van der Waals surface area contributed by atoms with E-state index in [0.29, 0.717) is 0 Å². The van der Waals surface area contributed by atoms with E-state index < -0.39 is 28.0 Å². The number of carbonyl (C=O) groups excluding carboxylic acids is 2. The molecular formula is C16H14N2O5. The summed E-state index contributed by atoms with van der Waals surface area (Å²) in [7, 11) is 0. The maximum atomic E-state index is 12.8. The van der Waals surface area contributed by atoms with Crippen molar-refractivity contribution in [1.29, 1.82) is 0 Å². The fourth-order valence-corrected chi connectivity index (χ4v) is 4.03. The molecule has 4 atom stereocenters. The molecule has 0 aliphatic carbocycles. The van der Waals surface area contributed by atoms with E-state index in [4.69, 9.17) is 4.74 Å². The molecule has 4 rings (SSSR count). The predicted octanol–water partition coefficient (Wildman–Crippen LogP) is 1.82. The lowest BCUT2D eigenvalue weighted by Crippen LogP contribution is -2.39. The van der Waals surface area contributed by atoms with Gasteiger partial charge in [-0.05, 0) is 19.9 Å². The Morgan fingerprint density at radius 2 is 1.70 bits per heavy atom. The third kappa shape index (κ3) is 1.62. The van der Waals surface area contributed by atoms with Gasteiger partial charge in [0.25, 0.3) is 5.69 Å². The molecule has 7 heteroatoms. The molecule has 2 saturated heterocycles. The van der Waals surface area contributed by atoms with E-state index in [0.717, 1.165) is 4.90 Å². The lowest BCUT2D eigenvalue weighted by Gasteiger charge is -2.25. The van der Waals surface area contributed by atoms with Crippen LogP contribution in [-0.4, -0.2) is 27.9 Å². The average molecular weight is 314 g/mol. The zero-order valence-corrected chi connectivity index (χ0v) is 12.6. The maximum Gasteiger partial charge on any atom is 0.271 e. The summed E-state index contributed by atoms with van der Waals surface area (Å²) in [5.41, 5.74) is -1.53. The molecule has 3 aliphatic heterocycles. The number of benzene rings is 1. The highest BCUT2D eigenvalue weighted by molar-refractivity contribution is 6.23. The first-order valence-corrected chi connectivity index (χ1v) is 7.30. The molecule has 2 amide bonds. The summed E-state index contributed by atoms with van der Waals surface area (Å²) in [6.07, 6.45) is 3.66. The van der Waals surface area contributed by atoms with Crippen molar-refractivity contribution in [3.8, 4) is 0 Å². The Hall–Kier alpha value is -2.54. The molecule has 0 spiro atoms. The molecule has 0 unspecified atom stereocenters. The molecule has 3 aliphatic rings. The first-order chi connectivity index (χ1) is 10.8. The van der Waals surface area contributed by atoms with Gasteiger partial charge in [0.2, 0.25) is 11.8 Å². The van der Waals surface area contributed by atoms with Crippen LogP contribution < -0.4 is 4.90 Å². The topological polar surface area (TPSA) is 89.8 Å². The Balaban J connectivity index is 1.79. The molecule has 23 heavy (non-hydrogen) atoms. The molecule has 7 nitrogen and oxygen atoms in total. The van der Waals surface area contributed by atoms with Crippen LogP contribution in [0.2, 0.25) is 0 Å². The van der Waals surface area contributed by atoms with Crippen LogP contribution in [0, 0.1) is 22.0 Å². The Morgan fingerprint density at radius 3 is 2.22 bits per heavy atom. The molecule has 0 radical (unpaired) electrons. The van der Waals surface area contributed by atoms with Gasteiger partial charge in [-0.25, -0.2) is 4.90 Å². The molecule has 118 valence electrons. The smallest absolute Gasteiger partial charge is 0.271 e. The number of ether oxygens (including phenoxy) is 1.